The van der Waals surface area contributed by atoms with Crippen LogP contribution in [0.25, 0.3) is 99.1 Å². The summed E-state index contributed by atoms with van der Waals surface area (Å²) in [7, 11) is 0. The van der Waals surface area contributed by atoms with Crippen molar-refractivity contribution in [3.05, 3.63) is 241 Å². The van der Waals surface area contributed by atoms with Gasteiger partial charge in [0.2, 0.25) is 0 Å². The summed E-state index contributed by atoms with van der Waals surface area (Å²) in [6.07, 6.45) is 0. The van der Waals surface area contributed by atoms with E-state index in [4.69, 9.17) is 0 Å². The summed E-state index contributed by atoms with van der Waals surface area (Å²) in [5, 5.41) is 7.47. The standard InChI is InChI=1S/C59H38N2/c1-3-14-38(15-4-1)39-26-28-41(29-27-39)57-47-22-10-9-21-46(47)51-36-42(30-32-48(51)57)43-31-34-55-52(37-43)49-33-35-56-58(50-23-11-12-24-54(50)60(56)44-18-5-2-6-19-44)59(49)61(55)53-25-13-17-40-16-7-8-20-45(40)53/h1-37,57H. The molecule has 1 aliphatic carbocycles. The Morgan fingerprint density at radius 1 is 0.328 bits per heavy atom. The monoisotopic (exact) mass is 774 g/mol. The van der Waals surface area contributed by atoms with Gasteiger partial charge in [-0.3, -0.25) is 0 Å². The molecule has 2 nitrogen and oxygen atoms in total. The van der Waals surface area contributed by atoms with Crippen LogP contribution in [0, 0.1) is 0 Å². The molecular weight excluding hydrogens is 737 g/mol. The number of nitrogens with zero attached hydrogens (tertiary/aromatic N) is 2. The first-order valence-corrected chi connectivity index (χ1v) is 21.2. The normalized spacial score (nSPS) is 13.4. The first-order valence-electron chi connectivity index (χ1n) is 21.2. The Labute approximate surface area is 353 Å². The van der Waals surface area contributed by atoms with Crippen molar-refractivity contribution in [2.75, 3.05) is 0 Å². The Bertz CT molecular complexity index is 3680. The lowest BCUT2D eigenvalue weighted by molar-refractivity contribution is 1.02. The predicted molar refractivity (Wildman–Crippen MR) is 256 cm³/mol. The Hall–Kier alpha value is -7.94. The molecule has 0 radical (unpaired) electrons. The zero-order valence-electron chi connectivity index (χ0n) is 33.3. The van der Waals surface area contributed by atoms with E-state index >= 15 is 0 Å². The van der Waals surface area contributed by atoms with Gasteiger partial charge in [0.05, 0.1) is 27.8 Å². The fourth-order valence-corrected chi connectivity index (χ4v) is 10.5. The van der Waals surface area contributed by atoms with E-state index in [9.17, 15) is 0 Å². The zero-order chi connectivity index (χ0) is 40.0. The van der Waals surface area contributed by atoms with Gasteiger partial charge in [0.1, 0.15) is 0 Å². The van der Waals surface area contributed by atoms with Crippen LogP contribution < -0.4 is 0 Å². The van der Waals surface area contributed by atoms with Gasteiger partial charge in [-0.1, -0.05) is 176 Å². The molecule has 2 heteroatoms. The minimum atomic E-state index is 0.187. The molecule has 0 N–H and O–H groups in total. The largest absolute Gasteiger partial charge is 0.309 e. The minimum absolute atomic E-state index is 0.187. The van der Waals surface area contributed by atoms with Gasteiger partial charge in [0.25, 0.3) is 0 Å². The predicted octanol–water partition coefficient (Wildman–Crippen LogP) is 15.5. The molecule has 2 heterocycles. The summed E-state index contributed by atoms with van der Waals surface area (Å²) in [5.41, 5.74) is 18.8. The van der Waals surface area contributed by atoms with Crippen molar-refractivity contribution in [2.24, 2.45) is 0 Å². The molecule has 2 aromatic heterocycles. The zero-order valence-corrected chi connectivity index (χ0v) is 33.3. The molecule has 0 aliphatic heterocycles. The van der Waals surface area contributed by atoms with E-state index in [0.29, 0.717) is 0 Å². The molecule has 0 saturated carbocycles. The molecule has 1 unspecified atom stereocenters. The maximum absolute atomic E-state index is 2.54. The summed E-state index contributed by atoms with van der Waals surface area (Å²) in [6.45, 7) is 0. The van der Waals surface area contributed by atoms with Crippen LogP contribution in [0.2, 0.25) is 0 Å². The van der Waals surface area contributed by atoms with Crippen LogP contribution in [0.5, 0.6) is 0 Å². The number of rotatable bonds is 5. The molecule has 0 spiro atoms. The molecule has 0 saturated heterocycles. The highest BCUT2D eigenvalue weighted by Gasteiger charge is 2.30. The fourth-order valence-electron chi connectivity index (χ4n) is 10.5. The number of hydrogen-bond donors (Lipinski definition) is 0. The second-order valence-corrected chi connectivity index (χ2v) is 16.4. The van der Waals surface area contributed by atoms with E-state index in [1.165, 1.54) is 110 Å². The molecule has 13 rings (SSSR count). The molecular formula is C59H38N2. The van der Waals surface area contributed by atoms with Crippen LogP contribution in [-0.2, 0) is 0 Å². The van der Waals surface area contributed by atoms with E-state index < -0.39 is 0 Å². The Kier molecular flexibility index (Phi) is 7.40. The highest BCUT2D eigenvalue weighted by Crippen LogP contribution is 2.50. The summed E-state index contributed by atoms with van der Waals surface area (Å²) < 4.78 is 4.96. The van der Waals surface area contributed by atoms with E-state index in [1.54, 1.807) is 0 Å². The van der Waals surface area contributed by atoms with Crippen LogP contribution in [0.1, 0.15) is 22.6 Å². The lowest BCUT2D eigenvalue weighted by Gasteiger charge is -2.16. The first kappa shape index (κ1) is 34.0. The third-order valence-electron chi connectivity index (χ3n) is 13.2. The van der Waals surface area contributed by atoms with Crippen LogP contribution >= 0.6 is 0 Å². The van der Waals surface area contributed by atoms with Gasteiger partial charge in [-0.15, -0.1) is 0 Å². The second kappa shape index (κ2) is 13.3. The lowest BCUT2D eigenvalue weighted by atomic mass is 9.88. The van der Waals surface area contributed by atoms with Crippen LogP contribution in [0.3, 0.4) is 0 Å². The lowest BCUT2D eigenvalue weighted by Crippen LogP contribution is -1.99. The summed E-state index contributed by atoms with van der Waals surface area (Å²) in [6, 6.07) is 82.9. The number of aromatic nitrogens is 2. The third-order valence-corrected chi connectivity index (χ3v) is 13.2. The quantitative estimate of drug-likeness (QED) is 0.165. The molecule has 0 bridgehead atoms. The molecule has 12 aromatic rings. The van der Waals surface area contributed by atoms with Gasteiger partial charge in [-0.2, -0.15) is 0 Å². The van der Waals surface area contributed by atoms with Gasteiger partial charge >= 0.3 is 0 Å². The van der Waals surface area contributed by atoms with Crippen molar-refractivity contribution in [3.8, 4) is 44.8 Å². The Morgan fingerprint density at radius 2 is 0.951 bits per heavy atom. The van der Waals surface area contributed by atoms with E-state index in [1.807, 2.05) is 0 Å². The van der Waals surface area contributed by atoms with Crippen LogP contribution in [0.4, 0.5) is 0 Å². The smallest absolute Gasteiger partial charge is 0.0641 e. The molecule has 0 fully saturated rings. The number of benzene rings is 10. The highest BCUT2D eigenvalue weighted by molar-refractivity contribution is 6.26. The third kappa shape index (κ3) is 5.09. The van der Waals surface area contributed by atoms with E-state index in [2.05, 4.69) is 234 Å². The van der Waals surface area contributed by atoms with E-state index in [0.717, 1.165) is 5.69 Å². The molecule has 1 atom stereocenters. The van der Waals surface area contributed by atoms with Crippen molar-refractivity contribution < 1.29 is 0 Å². The van der Waals surface area contributed by atoms with Crippen molar-refractivity contribution in [1.82, 2.24) is 9.13 Å². The van der Waals surface area contributed by atoms with Crippen molar-refractivity contribution in [2.45, 2.75) is 5.92 Å². The minimum Gasteiger partial charge on any atom is -0.309 e. The number of fused-ring (bicyclic) bond motifs is 11. The van der Waals surface area contributed by atoms with Gasteiger partial charge in [0.15, 0.2) is 0 Å². The summed E-state index contributed by atoms with van der Waals surface area (Å²) in [5.74, 6) is 0.187. The van der Waals surface area contributed by atoms with Crippen molar-refractivity contribution in [3.63, 3.8) is 0 Å². The van der Waals surface area contributed by atoms with Crippen LogP contribution in [-0.4, -0.2) is 9.13 Å². The second-order valence-electron chi connectivity index (χ2n) is 16.4. The average molecular weight is 775 g/mol. The van der Waals surface area contributed by atoms with Crippen molar-refractivity contribution >= 4 is 54.4 Å². The molecule has 1 aliphatic rings. The Balaban J connectivity index is 1.02. The van der Waals surface area contributed by atoms with Crippen molar-refractivity contribution in [1.29, 1.82) is 0 Å². The van der Waals surface area contributed by atoms with E-state index in [-0.39, 0.29) is 5.92 Å². The SMILES string of the molecule is c1ccc(-c2ccc(C3c4ccccc4-c4cc(-c5ccc6c(c5)c5ccc7c(c8ccccc8n7-c7ccccc7)c5n6-c5cccc6ccccc56)ccc43)cc2)cc1. The first-order chi connectivity index (χ1) is 30.3. The topological polar surface area (TPSA) is 9.86 Å². The van der Waals surface area contributed by atoms with Gasteiger partial charge < -0.3 is 9.13 Å². The molecule has 284 valence electrons. The molecule has 10 aromatic carbocycles. The Morgan fingerprint density at radius 3 is 1.82 bits per heavy atom. The highest BCUT2D eigenvalue weighted by atomic mass is 15.0. The molecule has 61 heavy (non-hydrogen) atoms. The van der Waals surface area contributed by atoms with Gasteiger partial charge in [-0.25, -0.2) is 0 Å². The molecule has 0 amide bonds. The number of para-hydroxylation sites is 2. The maximum Gasteiger partial charge on any atom is 0.0641 e. The number of hydrogen-bond acceptors (Lipinski definition) is 0. The summed E-state index contributed by atoms with van der Waals surface area (Å²) >= 11 is 0. The van der Waals surface area contributed by atoms with Gasteiger partial charge in [-0.05, 0) is 104 Å². The summed E-state index contributed by atoms with van der Waals surface area (Å²) in [4.78, 5) is 0. The van der Waals surface area contributed by atoms with Crippen LogP contribution in [0.15, 0.2) is 224 Å². The average Bonchev–Trinajstić information content (AvgIpc) is 3.97. The maximum atomic E-state index is 2.54. The fraction of sp³-hybridized carbons (Fsp3) is 0.0169. The van der Waals surface area contributed by atoms with Gasteiger partial charge in [0, 0.05) is 38.5 Å².